The van der Waals surface area contributed by atoms with Crippen molar-refractivity contribution in [3.8, 4) is 45.3 Å². The van der Waals surface area contributed by atoms with Crippen molar-refractivity contribution >= 4 is 34.9 Å². The first kappa shape index (κ1) is 24.3. The third-order valence-corrected chi connectivity index (χ3v) is 8.46. The minimum Gasteiger partial charge on any atom is -0.476 e. The molecule has 0 saturated carbocycles. The second-order valence-corrected chi connectivity index (χ2v) is 11.0. The molecule has 0 fully saturated rings. The van der Waals surface area contributed by atoms with Crippen LogP contribution in [0.15, 0.2) is 113 Å². The van der Waals surface area contributed by atoms with Crippen LogP contribution in [0.1, 0.15) is 11.1 Å². The summed E-state index contributed by atoms with van der Waals surface area (Å²) < 4.78 is 24.5. The van der Waals surface area contributed by atoms with Gasteiger partial charge in [0.25, 0.3) is 6.71 Å². The molecule has 7 heteroatoms. The molecule has 0 saturated heterocycles. The summed E-state index contributed by atoms with van der Waals surface area (Å²) in [4.78, 5) is 8.98. The largest absolute Gasteiger partial charge is 0.476 e. The highest BCUT2D eigenvalue weighted by atomic mass is 16.5. The summed E-state index contributed by atoms with van der Waals surface area (Å²) in [5.74, 6) is 4.79. The van der Waals surface area contributed by atoms with Crippen LogP contribution in [0.25, 0.3) is 22.3 Å². The molecule has 0 bridgehead atoms. The van der Waals surface area contributed by atoms with Crippen LogP contribution in [-0.2, 0) is 9.47 Å². The quantitative estimate of drug-likeness (QED) is 0.274. The Morgan fingerprint density at radius 1 is 0.465 bits per heavy atom. The van der Waals surface area contributed by atoms with Gasteiger partial charge >= 0.3 is 0 Å². The molecule has 5 aromatic carbocycles. The van der Waals surface area contributed by atoms with Gasteiger partial charge in [0.15, 0.2) is 0 Å². The molecule has 206 valence electrons. The van der Waals surface area contributed by atoms with Crippen molar-refractivity contribution in [2.45, 2.75) is 0 Å². The fraction of sp³-hybridized carbons (Fsp3) is 0.111. The Bertz CT molecular complexity index is 1880. The zero-order valence-corrected chi connectivity index (χ0v) is 23.2. The number of fused-ring (bicyclic) bond motifs is 4. The normalized spacial score (nSPS) is 15.6. The van der Waals surface area contributed by atoms with Crippen LogP contribution in [0.2, 0.25) is 0 Å². The van der Waals surface area contributed by atoms with Gasteiger partial charge in [-0.2, -0.15) is 0 Å². The maximum absolute atomic E-state index is 6.53. The Labute approximate surface area is 249 Å². The van der Waals surface area contributed by atoms with E-state index in [4.69, 9.17) is 18.9 Å². The molecular weight excluding hydrogens is 535 g/mol. The van der Waals surface area contributed by atoms with Gasteiger partial charge in [-0.25, -0.2) is 9.98 Å². The van der Waals surface area contributed by atoms with E-state index in [1.807, 2.05) is 42.5 Å². The van der Waals surface area contributed by atoms with Crippen LogP contribution in [0.3, 0.4) is 0 Å². The Kier molecular flexibility index (Phi) is 5.45. The second kappa shape index (κ2) is 9.63. The smallest absolute Gasteiger partial charge is 0.260 e. The molecule has 0 amide bonds. The molecule has 0 spiro atoms. The summed E-state index contributed by atoms with van der Waals surface area (Å²) in [5.41, 5.74) is 9.65. The maximum atomic E-state index is 6.53. The lowest BCUT2D eigenvalue weighted by Gasteiger charge is -2.33. The predicted molar refractivity (Wildman–Crippen MR) is 170 cm³/mol. The number of nitrogens with zero attached hydrogens (tertiary/aromatic N) is 2. The second-order valence-electron chi connectivity index (χ2n) is 11.0. The highest BCUT2D eigenvalue weighted by molar-refractivity contribution is 6.98. The third-order valence-electron chi connectivity index (χ3n) is 8.46. The number of ether oxygens (including phenoxy) is 4. The third kappa shape index (κ3) is 4.03. The zero-order chi connectivity index (χ0) is 28.3. The van der Waals surface area contributed by atoms with Gasteiger partial charge in [-0.1, -0.05) is 54.6 Å². The van der Waals surface area contributed by atoms with E-state index in [1.165, 1.54) is 0 Å². The van der Waals surface area contributed by atoms with Gasteiger partial charge in [0, 0.05) is 16.6 Å². The van der Waals surface area contributed by atoms with Gasteiger partial charge in [0.2, 0.25) is 11.8 Å². The Morgan fingerprint density at radius 3 is 1.42 bits per heavy atom. The molecule has 5 aromatic rings. The number of rotatable bonds is 4. The lowest BCUT2D eigenvalue weighted by atomic mass is 9.35. The van der Waals surface area contributed by atoms with Crippen molar-refractivity contribution in [2.75, 3.05) is 26.3 Å². The van der Waals surface area contributed by atoms with Crippen LogP contribution in [0.4, 0.5) is 0 Å². The van der Waals surface area contributed by atoms with Crippen LogP contribution in [-0.4, -0.2) is 44.8 Å². The van der Waals surface area contributed by atoms with E-state index in [9.17, 15) is 0 Å². The summed E-state index contributed by atoms with van der Waals surface area (Å²) in [7, 11) is 0. The molecule has 0 atom stereocenters. The SMILES string of the molecule is c1cc(C2=NCCO2)cc(-c2ccc3c(c2)Oc2cccc4c2B3c2ccc(-c3cccc(C5=NCCO5)c3)cc2O4)c1. The van der Waals surface area contributed by atoms with Crippen molar-refractivity contribution in [3.63, 3.8) is 0 Å². The molecule has 4 heterocycles. The van der Waals surface area contributed by atoms with Gasteiger partial charge in [-0.05, 0) is 81.7 Å². The molecule has 4 aliphatic rings. The first-order chi connectivity index (χ1) is 21.3. The highest BCUT2D eigenvalue weighted by Crippen LogP contribution is 2.37. The van der Waals surface area contributed by atoms with Gasteiger partial charge in [0.1, 0.15) is 36.2 Å². The zero-order valence-electron chi connectivity index (χ0n) is 23.2. The molecule has 9 rings (SSSR count). The average molecular weight is 560 g/mol. The first-order valence-electron chi connectivity index (χ1n) is 14.6. The summed E-state index contributed by atoms with van der Waals surface area (Å²) >= 11 is 0. The van der Waals surface area contributed by atoms with Crippen molar-refractivity contribution in [1.82, 2.24) is 0 Å². The fourth-order valence-corrected chi connectivity index (χ4v) is 6.47. The fourth-order valence-electron chi connectivity index (χ4n) is 6.47. The molecule has 0 unspecified atom stereocenters. The van der Waals surface area contributed by atoms with Gasteiger partial charge in [0.05, 0.1) is 13.1 Å². The van der Waals surface area contributed by atoms with Crippen molar-refractivity contribution in [3.05, 3.63) is 114 Å². The molecule has 0 aliphatic carbocycles. The molecule has 0 radical (unpaired) electrons. The monoisotopic (exact) mass is 560 g/mol. The molecule has 0 aromatic heterocycles. The predicted octanol–water partition coefficient (Wildman–Crippen LogP) is 5.30. The highest BCUT2D eigenvalue weighted by Gasteiger charge is 2.40. The number of hydrogen-bond donors (Lipinski definition) is 0. The Morgan fingerprint density at radius 2 is 0.930 bits per heavy atom. The van der Waals surface area contributed by atoms with Gasteiger partial charge in [-0.3, -0.25) is 0 Å². The van der Waals surface area contributed by atoms with Crippen molar-refractivity contribution < 1.29 is 18.9 Å². The minimum atomic E-state index is 0.00181. The van der Waals surface area contributed by atoms with Crippen LogP contribution in [0, 0.1) is 0 Å². The first-order valence-corrected chi connectivity index (χ1v) is 14.6. The standard InChI is InChI=1S/C36H25BN2O4/c1-4-22(18-26(6-1)35-38-14-16-40-35)24-10-12-28-32(20-24)42-30-8-3-9-31-34(30)37(28)29-13-11-25(21-33(29)43-31)23-5-2-7-27(19-23)36-39-15-17-41-36/h1-13,18-21H,14-17H2. The lowest BCUT2D eigenvalue weighted by molar-refractivity contribution is 0.348. The van der Waals surface area contributed by atoms with E-state index < -0.39 is 0 Å². The number of aliphatic imine (C=N–C) groups is 2. The maximum Gasteiger partial charge on any atom is 0.260 e. The van der Waals surface area contributed by atoms with E-state index >= 15 is 0 Å². The summed E-state index contributed by atoms with van der Waals surface area (Å²) in [6.45, 7) is 2.69. The molecule has 6 nitrogen and oxygen atoms in total. The minimum absolute atomic E-state index is 0.00181. The average Bonchev–Trinajstić information content (AvgIpc) is 3.80. The lowest BCUT2D eigenvalue weighted by Crippen LogP contribution is -2.57. The van der Waals surface area contributed by atoms with Gasteiger partial charge in [-0.15, -0.1) is 0 Å². The molecule has 4 aliphatic heterocycles. The number of hydrogen-bond acceptors (Lipinski definition) is 6. The topological polar surface area (TPSA) is 61.6 Å². The van der Waals surface area contributed by atoms with E-state index in [2.05, 4.69) is 70.6 Å². The van der Waals surface area contributed by atoms with Crippen LogP contribution < -0.4 is 25.9 Å². The van der Waals surface area contributed by atoms with Crippen LogP contribution >= 0.6 is 0 Å². The molecule has 0 N–H and O–H groups in total. The Balaban J connectivity index is 1.12. The van der Waals surface area contributed by atoms with E-state index in [-0.39, 0.29) is 6.71 Å². The molecular formula is C36H25BN2O4. The van der Waals surface area contributed by atoms with Crippen LogP contribution in [0.5, 0.6) is 23.0 Å². The summed E-state index contributed by atoms with van der Waals surface area (Å²) in [5, 5.41) is 0. The van der Waals surface area contributed by atoms with E-state index in [0.717, 1.165) is 72.8 Å². The number of benzene rings is 5. The molecule has 43 heavy (non-hydrogen) atoms. The van der Waals surface area contributed by atoms with Gasteiger partial charge < -0.3 is 18.9 Å². The Hall–Kier alpha value is -5.30. The van der Waals surface area contributed by atoms with E-state index in [0.29, 0.717) is 38.1 Å². The summed E-state index contributed by atoms with van der Waals surface area (Å²) in [6.07, 6.45) is 0. The summed E-state index contributed by atoms with van der Waals surface area (Å²) in [6, 6.07) is 35.7. The van der Waals surface area contributed by atoms with Crippen molar-refractivity contribution in [1.29, 1.82) is 0 Å². The van der Waals surface area contributed by atoms with Crippen molar-refractivity contribution in [2.24, 2.45) is 9.98 Å². The van der Waals surface area contributed by atoms with E-state index in [1.54, 1.807) is 0 Å².